The molecule has 1 heterocycles. The minimum atomic E-state index is -0.706. The lowest BCUT2D eigenvalue weighted by Crippen LogP contribution is -2.45. The topological polar surface area (TPSA) is 83.1 Å². The second-order valence-corrected chi connectivity index (χ2v) is 4.29. The Balaban J connectivity index is 2.75. The highest BCUT2D eigenvalue weighted by Gasteiger charge is 2.19. The lowest BCUT2D eigenvalue weighted by Gasteiger charge is -2.15. The van der Waals surface area contributed by atoms with Gasteiger partial charge in [0.25, 0.3) is 5.91 Å². The largest absolute Gasteiger partial charge is 0.372 e. The Hall–Kier alpha value is -2.18. The van der Waals surface area contributed by atoms with Crippen molar-refractivity contribution in [3.8, 4) is 0 Å². The highest BCUT2D eigenvalue weighted by atomic mass is 19.1. The Labute approximate surface area is 117 Å². The first-order chi connectivity index (χ1) is 9.49. The Morgan fingerprint density at radius 3 is 2.75 bits per heavy atom. The molecule has 1 aromatic rings. The van der Waals surface area contributed by atoms with E-state index in [1.54, 1.807) is 14.0 Å². The van der Waals surface area contributed by atoms with Gasteiger partial charge in [-0.25, -0.2) is 9.37 Å². The number of hydrogen-bond donors (Lipinski definition) is 3. The molecule has 20 heavy (non-hydrogen) atoms. The van der Waals surface area contributed by atoms with E-state index in [0.29, 0.717) is 6.54 Å². The molecule has 0 saturated heterocycles. The van der Waals surface area contributed by atoms with Gasteiger partial charge in [0, 0.05) is 13.6 Å². The van der Waals surface area contributed by atoms with Crippen LogP contribution in [0.1, 0.15) is 30.6 Å². The maximum absolute atomic E-state index is 13.2. The average molecular weight is 282 g/mol. The number of halogens is 1. The standard InChI is InChI=1S/C13H19FN4O2/c1-4-5-16-12(19)8(2)18-13(20)10-6-9(14)7-17-11(10)15-3/h6-8H,4-5H2,1-3H3,(H,15,17)(H,16,19)(H,18,20). The lowest BCUT2D eigenvalue weighted by molar-refractivity contribution is -0.122. The van der Waals surface area contributed by atoms with Gasteiger partial charge in [0.1, 0.15) is 17.7 Å². The van der Waals surface area contributed by atoms with Gasteiger partial charge in [0.15, 0.2) is 0 Å². The molecule has 0 aliphatic heterocycles. The van der Waals surface area contributed by atoms with Gasteiger partial charge in [-0.05, 0) is 19.4 Å². The van der Waals surface area contributed by atoms with Gasteiger partial charge in [-0.2, -0.15) is 0 Å². The maximum Gasteiger partial charge on any atom is 0.255 e. The van der Waals surface area contributed by atoms with E-state index in [-0.39, 0.29) is 17.3 Å². The van der Waals surface area contributed by atoms with Gasteiger partial charge in [0.05, 0.1) is 11.8 Å². The quantitative estimate of drug-likeness (QED) is 0.724. The normalized spacial score (nSPS) is 11.6. The zero-order valence-electron chi connectivity index (χ0n) is 11.8. The van der Waals surface area contributed by atoms with Gasteiger partial charge >= 0.3 is 0 Å². The van der Waals surface area contributed by atoms with Crippen molar-refractivity contribution < 1.29 is 14.0 Å². The minimum Gasteiger partial charge on any atom is -0.372 e. The Morgan fingerprint density at radius 2 is 2.15 bits per heavy atom. The van der Waals surface area contributed by atoms with Crippen molar-refractivity contribution in [1.29, 1.82) is 0 Å². The third-order valence-electron chi connectivity index (χ3n) is 2.63. The number of rotatable bonds is 6. The molecule has 1 atom stereocenters. The maximum atomic E-state index is 13.2. The molecular formula is C13H19FN4O2. The molecule has 0 aliphatic carbocycles. The molecule has 7 heteroatoms. The fraction of sp³-hybridized carbons (Fsp3) is 0.462. The number of hydrogen-bond acceptors (Lipinski definition) is 4. The predicted octanol–water partition coefficient (Wildman–Crippen LogP) is 0.907. The fourth-order valence-electron chi connectivity index (χ4n) is 1.55. The number of anilines is 1. The third kappa shape index (κ3) is 4.18. The van der Waals surface area contributed by atoms with Crippen LogP contribution in [0.4, 0.5) is 10.2 Å². The summed E-state index contributed by atoms with van der Waals surface area (Å²) in [7, 11) is 1.58. The second-order valence-electron chi connectivity index (χ2n) is 4.29. The van der Waals surface area contributed by atoms with Crippen molar-refractivity contribution in [2.24, 2.45) is 0 Å². The summed E-state index contributed by atoms with van der Waals surface area (Å²) < 4.78 is 13.2. The molecule has 1 unspecified atom stereocenters. The molecule has 0 aliphatic rings. The molecular weight excluding hydrogens is 263 g/mol. The third-order valence-corrected chi connectivity index (χ3v) is 2.63. The summed E-state index contributed by atoms with van der Waals surface area (Å²) in [5, 5.41) is 7.88. The van der Waals surface area contributed by atoms with Gasteiger partial charge < -0.3 is 16.0 Å². The predicted molar refractivity (Wildman–Crippen MR) is 74.0 cm³/mol. The summed E-state index contributed by atoms with van der Waals surface area (Å²) in [4.78, 5) is 27.5. The van der Waals surface area contributed by atoms with Crippen LogP contribution in [0.5, 0.6) is 0 Å². The first-order valence-corrected chi connectivity index (χ1v) is 6.41. The second kappa shape index (κ2) is 7.42. The number of nitrogens with zero attached hydrogens (tertiary/aromatic N) is 1. The van der Waals surface area contributed by atoms with Crippen LogP contribution in [0.2, 0.25) is 0 Å². The summed E-state index contributed by atoms with van der Waals surface area (Å²) >= 11 is 0. The zero-order valence-corrected chi connectivity index (χ0v) is 11.8. The molecule has 1 rings (SSSR count). The number of aromatic nitrogens is 1. The van der Waals surface area contributed by atoms with Crippen LogP contribution in [0.15, 0.2) is 12.3 Å². The number of amides is 2. The van der Waals surface area contributed by atoms with Crippen LogP contribution in [0.25, 0.3) is 0 Å². The van der Waals surface area contributed by atoms with Crippen molar-refractivity contribution in [1.82, 2.24) is 15.6 Å². The molecule has 0 bridgehead atoms. The average Bonchev–Trinajstić information content (AvgIpc) is 2.44. The van der Waals surface area contributed by atoms with Crippen LogP contribution in [-0.2, 0) is 4.79 Å². The van der Waals surface area contributed by atoms with Crippen LogP contribution in [0.3, 0.4) is 0 Å². The molecule has 110 valence electrons. The van der Waals surface area contributed by atoms with Crippen LogP contribution in [0, 0.1) is 5.82 Å². The molecule has 2 amide bonds. The molecule has 3 N–H and O–H groups in total. The molecule has 6 nitrogen and oxygen atoms in total. The Kier molecular flexibility index (Phi) is 5.89. The van der Waals surface area contributed by atoms with Crippen LogP contribution < -0.4 is 16.0 Å². The molecule has 0 aromatic carbocycles. The SMILES string of the molecule is CCCNC(=O)C(C)NC(=O)c1cc(F)cnc1NC. The van der Waals surface area contributed by atoms with Crippen LogP contribution in [-0.4, -0.2) is 36.4 Å². The summed E-state index contributed by atoms with van der Waals surface area (Å²) in [6.07, 6.45) is 1.82. The van der Waals surface area contributed by atoms with E-state index in [0.717, 1.165) is 18.7 Å². The Morgan fingerprint density at radius 1 is 1.45 bits per heavy atom. The highest BCUT2D eigenvalue weighted by molar-refractivity contribution is 6.01. The van der Waals surface area contributed by atoms with Crippen LogP contribution >= 0.6 is 0 Å². The van der Waals surface area contributed by atoms with Gasteiger partial charge in [0.2, 0.25) is 5.91 Å². The van der Waals surface area contributed by atoms with Crippen molar-refractivity contribution in [3.05, 3.63) is 23.6 Å². The van der Waals surface area contributed by atoms with Gasteiger partial charge in [-0.15, -0.1) is 0 Å². The van der Waals surface area contributed by atoms with E-state index in [2.05, 4.69) is 20.9 Å². The first-order valence-electron chi connectivity index (χ1n) is 6.41. The fourth-order valence-corrected chi connectivity index (χ4v) is 1.55. The smallest absolute Gasteiger partial charge is 0.255 e. The Bertz CT molecular complexity index is 493. The van der Waals surface area contributed by atoms with E-state index in [1.165, 1.54) is 0 Å². The van der Waals surface area contributed by atoms with Gasteiger partial charge in [-0.1, -0.05) is 6.92 Å². The monoisotopic (exact) mass is 282 g/mol. The summed E-state index contributed by atoms with van der Waals surface area (Å²) in [5.74, 6) is -1.20. The summed E-state index contributed by atoms with van der Waals surface area (Å²) in [6, 6.07) is 0.368. The van der Waals surface area contributed by atoms with E-state index in [4.69, 9.17) is 0 Å². The van der Waals surface area contributed by atoms with E-state index < -0.39 is 17.8 Å². The van der Waals surface area contributed by atoms with Crippen molar-refractivity contribution >= 4 is 17.6 Å². The van der Waals surface area contributed by atoms with E-state index in [9.17, 15) is 14.0 Å². The number of carbonyl (C=O) groups excluding carboxylic acids is 2. The van der Waals surface area contributed by atoms with Crippen molar-refractivity contribution in [2.45, 2.75) is 26.3 Å². The molecule has 0 spiro atoms. The lowest BCUT2D eigenvalue weighted by atomic mass is 10.2. The summed E-state index contributed by atoms with van der Waals surface area (Å²) in [5.41, 5.74) is 0.0580. The summed E-state index contributed by atoms with van der Waals surface area (Å²) in [6.45, 7) is 4.04. The number of pyridine rings is 1. The van der Waals surface area contributed by atoms with Gasteiger partial charge in [-0.3, -0.25) is 9.59 Å². The zero-order chi connectivity index (χ0) is 15.1. The molecule has 0 radical (unpaired) electrons. The number of nitrogens with one attached hydrogen (secondary N) is 3. The van der Waals surface area contributed by atoms with E-state index in [1.807, 2.05) is 6.92 Å². The highest BCUT2D eigenvalue weighted by Crippen LogP contribution is 2.12. The molecule has 0 saturated carbocycles. The van der Waals surface area contributed by atoms with Crippen molar-refractivity contribution in [3.63, 3.8) is 0 Å². The van der Waals surface area contributed by atoms with E-state index >= 15 is 0 Å². The van der Waals surface area contributed by atoms with Crippen molar-refractivity contribution in [2.75, 3.05) is 18.9 Å². The first kappa shape index (κ1) is 15.9. The molecule has 0 fully saturated rings. The molecule has 1 aromatic heterocycles. The minimum absolute atomic E-state index is 0.0580. The number of carbonyl (C=O) groups is 2.